The maximum Gasteiger partial charge on any atom is 0.269 e. The van der Waals surface area contributed by atoms with Crippen molar-refractivity contribution in [2.45, 2.75) is 19.9 Å². The van der Waals surface area contributed by atoms with E-state index in [0.29, 0.717) is 12.2 Å². The predicted molar refractivity (Wildman–Crippen MR) is 99.3 cm³/mol. The summed E-state index contributed by atoms with van der Waals surface area (Å²) in [6.07, 6.45) is 1.78. The predicted octanol–water partition coefficient (Wildman–Crippen LogP) is 2.45. The second-order valence-corrected chi connectivity index (χ2v) is 5.98. The van der Waals surface area contributed by atoms with Gasteiger partial charge in [0.2, 0.25) is 5.91 Å². The van der Waals surface area contributed by atoms with E-state index in [1.165, 1.54) is 5.01 Å². The summed E-state index contributed by atoms with van der Waals surface area (Å²) in [6, 6.07) is 15.0. The van der Waals surface area contributed by atoms with E-state index in [-0.39, 0.29) is 18.2 Å². The van der Waals surface area contributed by atoms with E-state index < -0.39 is 0 Å². The molecular formula is C20H21N3O3. The minimum Gasteiger partial charge on any atom is -0.497 e. The Bertz CT molecular complexity index is 844. The molecule has 0 unspecified atom stereocenters. The highest BCUT2D eigenvalue weighted by atomic mass is 16.5. The SMILES string of the molecule is COc1ccc(CNC(=O)C2=CCC(=O)N(c3ccccc3C)N2)cc1. The molecule has 0 radical (unpaired) electrons. The standard InChI is InChI=1S/C20H21N3O3/c1-14-5-3-4-6-18(14)23-19(24)12-11-17(22-23)20(25)21-13-15-7-9-16(26-2)10-8-15/h3-11,22H,12-13H2,1-2H3,(H,21,25). The van der Waals surface area contributed by atoms with Crippen molar-refractivity contribution in [1.82, 2.24) is 10.7 Å². The molecule has 0 aromatic heterocycles. The Hall–Kier alpha value is -3.28. The first-order chi connectivity index (χ1) is 12.6. The molecule has 1 aliphatic rings. The Kier molecular flexibility index (Phi) is 5.22. The molecule has 2 amide bonds. The molecule has 3 rings (SSSR count). The number of amides is 2. The molecule has 26 heavy (non-hydrogen) atoms. The molecule has 134 valence electrons. The number of hydrogen-bond acceptors (Lipinski definition) is 4. The number of carbonyl (C=O) groups is 2. The van der Waals surface area contributed by atoms with E-state index in [1.54, 1.807) is 13.2 Å². The van der Waals surface area contributed by atoms with Crippen molar-refractivity contribution in [3.8, 4) is 5.75 Å². The number of nitrogens with zero attached hydrogens (tertiary/aromatic N) is 1. The summed E-state index contributed by atoms with van der Waals surface area (Å²) in [4.78, 5) is 24.7. The van der Waals surface area contributed by atoms with Gasteiger partial charge in [-0.2, -0.15) is 0 Å². The lowest BCUT2D eigenvalue weighted by atomic mass is 10.1. The normalized spacial score (nSPS) is 13.7. The second-order valence-electron chi connectivity index (χ2n) is 5.98. The number of para-hydroxylation sites is 1. The van der Waals surface area contributed by atoms with Gasteiger partial charge < -0.3 is 10.1 Å². The Morgan fingerprint density at radius 2 is 1.92 bits per heavy atom. The maximum atomic E-state index is 12.5. The Balaban J connectivity index is 1.65. The third kappa shape index (κ3) is 3.85. The van der Waals surface area contributed by atoms with Crippen LogP contribution in [0.4, 0.5) is 5.69 Å². The summed E-state index contributed by atoms with van der Waals surface area (Å²) in [5, 5.41) is 4.29. The van der Waals surface area contributed by atoms with Crippen molar-refractivity contribution in [2.24, 2.45) is 0 Å². The zero-order valence-electron chi connectivity index (χ0n) is 14.8. The van der Waals surface area contributed by atoms with Crippen molar-refractivity contribution in [1.29, 1.82) is 0 Å². The number of ether oxygens (including phenoxy) is 1. The van der Waals surface area contributed by atoms with Gasteiger partial charge in [0.05, 0.1) is 12.8 Å². The third-order valence-electron chi connectivity index (χ3n) is 4.18. The molecule has 0 saturated carbocycles. The minimum absolute atomic E-state index is 0.106. The minimum atomic E-state index is -0.257. The molecule has 1 heterocycles. The highest BCUT2D eigenvalue weighted by Gasteiger charge is 2.24. The Morgan fingerprint density at radius 1 is 1.19 bits per heavy atom. The van der Waals surface area contributed by atoms with Crippen LogP contribution in [0.15, 0.2) is 60.3 Å². The number of hydrazine groups is 1. The van der Waals surface area contributed by atoms with Crippen molar-refractivity contribution in [2.75, 3.05) is 12.1 Å². The quantitative estimate of drug-likeness (QED) is 0.868. The molecule has 6 heteroatoms. The van der Waals surface area contributed by atoms with Gasteiger partial charge in [-0.25, -0.2) is 5.01 Å². The van der Waals surface area contributed by atoms with Crippen LogP contribution in [0.25, 0.3) is 0 Å². The van der Waals surface area contributed by atoms with Gasteiger partial charge in [0.15, 0.2) is 0 Å². The van der Waals surface area contributed by atoms with E-state index in [4.69, 9.17) is 4.74 Å². The van der Waals surface area contributed by atoms with Crippen molar-refractivity contribution < 1.29 is 14.3 Å². The molecule has 0 bridgehead atoms. The Morgan fingerprint density at radius 3 is 2.62 bits per heavy atom. The van der Waals surface area contributed by atoms with Gasteiger partial charge in [-0.1, -0.05) is 30.3 Å². The number of methoxy groups -OCH3 is 1. The molecule has 0 saturated heterocycles. The fraction of sp³-hybridized carbons (Fsp3) is 0.200. The van der Waals surface area contributed by atoms with Crippen LogP contribution < -0.4 is 20.5 Å². The number of anilines is 1. The van der Waals surface area contributed by atoms with Crippen molar-refractivity contribution in [3.63, 3.8) is 0 Å². The topological polar surface area (TPSA) is 70.7 Å². The van der Waals surface area contributed by atoms with Crippen LogP contribution in [-0.2, 0) is 16.1 Å². The van der Waals surface area contributed by atoms with Gasteiger partial charge in [-0.05, 0) is 42.3 Å². The molecule has 0 spiro atoms. The van der Waals surface area contributed by atoms with E-state index in [2.05, 4.69) is 10.7 Å². The summed E-state index contributed by atoms with van der Waals surface area (Å²) >= 11 is 0. The molecule has 1 aliphatic heterocycles. The van der Waals surface area contributed by atoms with Gasteiger partial charge in [0.1, 0.15) is 11.4 Å². The molecule has 0 aliphatic carbocycles. The zero-order chi connectivity index (χ0) is 18.5. The lowest BCUT2D eigenvalue weighted by Gasteiger charge is -2.29. The molecule has 0 atom stereocenters. The first-order valence-corrected chi connectivity index (χ1v) is 8.35. The van der Waals surface area contributed by atoms with E-state index in [9.17, 15) is 9.59 Å². The fourth-order valence-corrected chi connectivity index (χ4v) is 2.68. The maximum absolute atomic E-state index is 12.5. The highest BCUT2D eigenvalue weighted by Crippen LogP contribution is 2.21. The Labute approximate surface area is 152 Å². The number of rotatable bonds is 5. The summed E-state index contributed by atoms with van der Waals surface area (Å²) in [5.41, 5.74) is 5.94. The molecule has 6 nitrogen and oxygen atoms in total. The van der Waals surface area contributed by atoms with Crippen LogP contribution in [0.3, 0.4) is 0 Å². The summed E-state index contributed by atoms with van der Waals surface area (Å²) < 4.78 is 5.12. The first kappa shape index (κ1) is 17.5. The van der Waals surface area contributed by atoms with Gasteiger partial charge in [0.25, 0.3) is 5.91 Å². The summed E-state index contributed by atoms with van der Waals surface area (Å²) in [6.45, 7) is 2.31. The van der Waals surface area contributed by atoms with Crippen LogP contribution in [0, 0.1) is 6.92 Å². The van der Waals surface area contributed by atoms with E-state index >= 15 is 0 Å². The largest absolute Gasteiger partial charge is 0.497 e. The van der Waals surface area contributed by atoms with Crippen LogP contribution >= 0.6 is 0 Å². The van der Waals surface area contributed by atoms with Crippen LogP contribution in [0.1, 0.15) is 17.5 Å². The fourth-order valence-electron chi connectivity index (χ4n) is 2.68. The van der Waals surface area contributed by atoms with E-state index in [0.717, 1.165) is 22.6 Å². The average molecular weight is 351 g/mol. The van der Waals surface area contributed by atoms with E-state index in [1.807, 2.05) is 55.5 Å². The zero-order valence-corrected chi connectivity index (χ0v) is 14.8. The lowest BCUT2D eigenvalue weighted by molar-refractivity contribution is -0.120. The van der Waals surface area contributed by atoms with Crippen LogP contribution in [-0.4, -0.2) is 18.9 Å². The van der Waals surface area contributed by atoms with Crippen LogP contribution in [0.5, 0.6) is 5.75 Å². The van der Waals surface area contributed by atoms with Gasteiger partial charge >= 0.3 is 0 Å². The number of benzene rings is 2. The smallest absolute Gasteiger partial charge is 0.269 e. The third-order valence-corrected chi connectivity index (χ3v) is 4.18. The van der Waals surface area contributed by atoms with Crippen molar-refractivity contribution in [3.05, 3.63) is 71.4 Å². The molecule has 2 aromatic rings. The second kappa shape index (κ2) is 7.74. The number of nitrogens with one attached hydrogen (secondary N) is 2. The molecule has 2 aromatic carbocycles. The van der Waals surface area contributed by atoms with Gasteiger partial charge in [-0.3, -0.25) is 15.0 Å². The monoisotopic (exact) mass is 351 g/mol. The summed E-state index contributed by atoms with van der Waals surface area (Å²) in [7, 11) is 1.61. The average Bonchev–Trinajstić information content (AvgIpc) is 2.67. The van der Waals surface area contributed by atoms with Crippen LogP contribution in [0.2, 0.25) is 0 Å². The van der Waals surface area contributed by atoms with Gasteiger partial charge in [0, 0.05) is 13.0 Å². The van der Waals surface area contributed by atoms with Gasteiger partial charge in [-0.15, -0.1) is 0 Å². The number of aryl methyl sites for hydroxylation is 1. The summed E-state index contributed by atoms with van der Waals surface area (Å²) in [5.74, 6) is 0.405. The van der Waals surface area contributed by atoms with Crippen molar-refractivity contribution >= 4 is 17.5 Å². The number of hydrogen-bond donors (Lipinski definition) is 2. The first-order valence-electron chi connectivity index (χ1n) is 8.35. The molecule has 0 fully saturated rings. The number of carbonyl (C=O) groups excluding carboxylic acids is 2. The molecule has 2 N–H and O–H groups in total. The molecular weight excluding hydrogens is 330 g/mol. The lowest BCUT2D eigenvalue weighted by Crippen LogP contribution is -2.49. The highest BCUT2D eigenvalue weighted by molar-refractivity contribution is 6.01.